The molecule has 1 aromatic heterocycles. The summed E-state index contributed by atoms with van der Waals surface area (Å²) in [6.07, 6.45) is 0. The Kier molecular flexibility index (Phi) is 3.09. The molecular weight excluding hydrogens is 226 g/mol. The van der Waals surface area contributed by atoms with Gasteiger partial charge < -0.3 is 9.32 Å². The molecule has 2 rings (SSSR count). The number of furan rings is 1. The number of benzene rings is 1. The van der Waals surface area contributed by atoms with Crippen LogP contribution in [0.4, 0.5) is 5.88 Å². The Morgan fingerprint density at radius 1 is 1.33 bits per heavy atom. The lowest BCUT2D eigenvalue weighted by atomic mass is 10.00. The van der Waals surface area contributed by atoms with E-state index in [0.29, 0.717) is 17.0 Å². The molecule has 0 spiro atoms. The summed E-state index contributed by atoms with van der Waals surface area (Å²) in [4.78, 5) is 12.7. The molecule has 0 fully saturated rings. The zero-order chi connectivity index (χ0) is 13.3. The van der Waals surface area contributed by atoms with Gasteiger partial charge in [-0.3, -0.25) is 0 Å². The molecule has 3 heteroatoms. The molecule has 0 saturated carbocycles. The molecule has 0 aliphatic carbocycles. The summed E-state index contributed by atoms with van der Waals surface area (Å²) in [6, 6.07) is 7.72. The molecule has 0 aliphatic rings. The van der Waals surface area contributed by atoms with E-state index in [1.54, 1.807) is 6.92 Å². The largest absolute Gasteiger partial charge is 0.440 e. The molecule has 0 radical (unpaired) electrons. The van der Waals surface area contributed by atoms with Gasteiger partial charge in [0.25, 0.3) is 0 Å². The van der Waals surface area contributed by atoms with Crippen LogP contribution in [0.15, 0.2) is 40.8 Å². The van der Waals surface area contributed by atoms with Gasteiger partial charge in [-0.2, -0.15) is 0 Å². The standard InChI is InChI=1S/C15H15NO2/c1-10(9-17)11(2)14-12-7-5-6-8-13(12)18-15(14)16(3)4/h5-8H,2H2,1,3-4H3. The van der Waals surface area contributed by atoms with Crippen LogP contribution in [0.2, 0.25) is 0 Å². The van der Waals surface area contributed by atoms with Crippen LogP contribution in [0.25, 0.3) is 16.5 Å². The Morgan fingerprint density at radius 2 is 2.00 bits per heavy atom. The molecule has 0 aliphatic heterocycles. The van der Waals surface area contributed by atoms with Gasteiger partial charge in [0, 0.05) is 25.1 Å². The van der Waals surface area contributed by atoms with Crippen LogP contribution in [0.1, 0.15) is 12.5 Å². The van der Waals surface area contributed by atoms with Gasteiger partial charge in [-0.15, -0.1) is 0 Å². The van der Waals surface area contributed by atoms with Gasteiger partial charge in [-0.25, -0.2) is 4.79 Å². The van der Waals surface area contributed by atoms with E-state index >= 15 is 0 Å². The van der Waals surface area contributed by atoms with E-state index in [0.717, 1.165) is 16.5 Å². The van der Waals surface area contributed by atoms with Crippen molar-refractivity contribution in [2.24, 2.45) is 0 Å². The number of carbonyl (C=O) groups excluding carboxylic acids is 1. The summed E-state index contributed by atoms with van der Waals surface area (Å²) in [7, 11) is 3.79. The smallest absolute Gasteiger partial charge is 0.204 e. The third kappa shape index (κ3) is 1.85. The first-order valence-corrected chi connectivity index (χ1v) is 5.66. The molecular formula is C15H15NO2. The van der Waals surface area contributed by atoms with Crippen LogP contribution >= 0.6 is 0 Å². The molecule has 3 nitrogen and oxygen atoms in total. The SMILES string of the molecule is C=C(C(C)=C=O)c1c(N(C)C)oc2ccccc12. The topological polar surface area (TPSA) is 33.5 Å². The lowest BCUT2D eigenvalue weighted by Crippen LogP contribution is -2.09. The van der Waals surface area contributed by atoms with Crippen LogP contribution in [0.3, 0.4) is 0 Å². The Morgan fingerprint density at radius 3 is 2.61 bits per heavy atom. The highest BCUT2D eigenvalue weighted by Crippen LogP contribution is 2.37. The average molecular weight is 241 g/mol. The molecule has 1 heterocycles. The van der Waals surface area contributed by atoms with Crippen LogP contribution in [0, 0.1) is 0 Å². The van der Waals surface area contributed by atoms with Crippen molar-refractivity contribution in [1.82, 2.24) is 0 Å². The van der Waals surface area contributed by atoms with Gasteiger partial charge in [-0.05, 0) is 18.6 Å². The summed E-state index contributed by atoms with van der Waals surface area (Å²) in [5.74, 6) is 2.60. The summed E-state index contributed by atoms with van der Waals surface area (Å²) in [6.45, 7) is 5.68. The second kappa shape index (κ2) is 4.55. The molecule has 92 valence electrons. The molecule has 0 bridgehead atoms. The van der Waals surface area contributed by atoms with Crippen molar-refractivity contribution in [2.45, 2.75) is 6.92 Å². The maximum absolute atomic E-state index is 10.8. The first kappa shape index (κ1) is 12.2. The highest BCUT2D eigenvalue weighted by Gasteiger charge is 2.19. The number of rotatable bonds is 3. The van der Waals surface area contributed by atoms with E-state index in [1.165, 1.54) is 0 Å². The third-order valence-electron chi connectivity index (χ3n) is 2.89. The number of para-hydroxylation sites is 1. The second-order valence-corrected chi connectivity index (χ2v) is 4.38. The van der Waals surface area contributed by atoms with Crippen molar-refractivity contribution in [3.63, 3.8) is 0 Å². The van der Waals surface area contributed by atoms with Crippen LogP contribution in [0.5, 0.6) is 0 Å². The van der Waals surface area contributed by atoms with Crippen molar-refractivity contribution in [3.05, 3.63) is 42.0 Å². The third-order valence-corrected chi connectivity index (χ3v) is 2.89. The second-order valence-electron chi connectivity index (χ2n) is 4.38. The molecule has 0 unspecified atom stereocenters. The fourth-order valence-corrected chi connectivity index (χ4v) is 1.89. The minimum absolute atomic E-state index is 0.490. The molecule has 0 atom stereocenters. The number of fused-ring (bicyclic) bond motifs is 1. The Balaban J connectivity index is 2.77. The first-order valence-electron chi connectivity index (χ1n) is 5.66. The normalized spacial score (nSPS) is 10.2. The van der Waals surface area contributed by atoms with Gasteiger partial charge in [-0.1, -0.05) is 24.8 Å². The van der Waals surface area contributed by atoms with E-state index in [9.17, 15) is 4.79 Å². The Labute approximate surface area is 106 Å². The quantitative estimate of drug-likeness (QED) is 0.610. The van der Waals surface area contributed by atoms with Gasteiger partial charge in [0.15, 0.2) is 0 Å². The van der Waals surface area contributed by atoms with Crippen LogP contribution in [-0.2, 0) is 4.79 Å². The van der Waals surface area contributed by atoms with E-state index < -0.39 is 0 Å². The van der Waals surface area contributed by atoms with Gasteiger partial charge in [0.2, 0.25) is 5.88 Å². The van der Waals surface area contributed by atoms with Crippen molar-refractivity contribution < 1.29 is 9.21 Å². The van der Waals surface area contributed by atoms with Crippen molar-refractivity contribution >= 4 is 28.4 Å². The summed E-state index contributed by atoms with van der Waals surface area (Å²) >= 11 is 0. The lowest BCUT2D eigenvalue weighted by Gasteiger charge is -2.12. The van der Waals surface area contributed by atoms with Crippen molar-refractivity contribution in [1.29, 1.82) is 0 Å². The fourth-order valence-electron chi connectivity index (χ4n) is 1.89. The highest BCUT2D eigenvalue weighted by molar-refractivity contribution is 6.02. The van der Waals surface area contributed by atoms with Crippen LogP contribution < -0.4 is 4.90 Å². The first-order chi connectivity index (χ1) is 8.56. The van der Waals surface area contributed by atoms with E-state index in [2.05, 4.69) is 6.58 Å². The molecule has 0 saturated heterocycles. The zero-order valence-corrected chi connectivity index (χ0v) is 10.8. The number of hydrogen-bond donors (Lipinski definition) is 0. The number of anilines is 1. The van der Waals surface area contributed by atoms with Gasteiger partial charge in [0.1, 0.15) is 11.5 Å². The number of nitrogens with zero attached hydrogens (tertiary/aromatic N) is 1. The van der Waals surface area contributed by atoms with E-state index in [-0.39, 0.29) is 0 Å². The van der Waals surface area contributed by atoms with Crippen molar-refractivity contribution in [3.8, 4) is 0 Å². The maximum atomic E-state index is 10.8. The van der Waals surface area contributed by atoms with E-state index in [4.69, 9.17) is 4.42 Å². The maximum Gasteiger partial charge on any atom is 0.204 e. The summed E-state index contributed by atoms with van der Waals surface area (Å²) < 4.78 is 5.80. The van der Waals surface area contributed by atoms with Crippen LogP contribution in [-0.4, -0.2) is 20.0 Å². The minimum atomic E-state index is 0.490. The molecule has 18 heavy (non-hydrogen) atoms. The lowest BCUT2D eigenvalue weighted by molar-refractivity contribution is 0.568. The summed E-state index contributed by atoms with van der Waals surface area (Å²) in [5.41, 5.74) is 2.79. The van der Waals surface area contributed by atoms with Crippen molar-refractivity contribution in [2.75, 3.05) is 19.0 Å². The Bertz CT molecular complexity index is 658. The zero-order valence-electron chi connectivity index (χ0n) is 10.8. The van der Waals surface area contributed by atoms with E-state index in [1.807, 2.05) is 49.2 Å². The fraction of sp³-hybridized carbons (Fsp3) is 0.200. The predicted octanol–water partition coefficient (Wildman–Crippen LogP) is 3.29. The van der Waals surface area contributed by atoms with Gasteiger partial charge in [0.05, 0.1) is 5.56 Å². The average Bonchev–Trinajstić information content (AvgIpc) is 2.76. The predicted molar refractivity (Wildman–Crippen MR) is 74.5 cm³/mol. The molecule has 1 aromatic carbocycles. The Hall–Kier alpha value is -2.25. The molecule has 0 N–H and O–H groups in total. The monoisotopic (exact) mass is 241 g/mol. The molecule has 0 amide bonds. The number of allylic oxidation sites excluding steroid dienone is 2. The minimum Gasteiger partial charge on any atom is -0.440 e. The number of hydrogen-bond acceptors (Lipinski definition) is 3. The van der Waals surface area contributed by atoms with Gasteiger partial charge >= 0.3 is 0 Å². The summed E-state index contributed by atoms with van der Waals surface area (Å²) in [5, 5.41) is 0.959. The molecule has 2 aromatic rings. The highest BCUT2D eigenvalue weighted by atomic mass is 16.4.